The molecule has 0 bridgehead atoms. The summed E-state index contributed by atoms with van der Waals surface area (Å²) in [6, 6.07) is 6.82. The van der Waals surface area contributed by atoms with Gasteiger partial charge >= 0.3 is 18.0 Å². The average Bonchev–Trinajstić information content (AvgIpc) is 2.85. The van der Waals surface area contributed by atoms with E-state index in [-0.39, 0.29) is 13.0 Å². The largest absolute Gasteiger partial charge is 0.447 e. The number of esters is 1. The Bertz CT molecular complexity index is 793. The third-order valence-electron chi connectivity index (χ3n) is 4.04. The fourth-order valence-electron chi connectivity index (χ4n) is 2.56. The summed E-state index contributed by atoms with van der Waals surface area (Å²) < 4.78 is 5.23. The van der Waals surface area contributed by atoms with Crippen LogP contribution in [0.25, 0.3) is 0 Å². The second-order valence-corrected chi connectivity index (χ2v) is 6.61. The molecule has 0 saturated carbocycles. The van der Waals surface area contributed by atoms with Crippen molar-refractivity contribution < 1.29 is 28.7 Å². The first-order valence-corrected chi connectivity index (χ1v) is 8.57. The number of hydrogen-bond acceptors (Lipinski definition) is 6. The Hall–Kier alpha value is -3.43. The van der Waals surface area contributed by atoms with Crippen molar-refractivity contribution in [1.82, 2.24) is 20.9 Å². The molecular weight excluding hydrogens is 368 g/mol. The molecule has 1 atom stereocenters. The van der Waals surface area contributed by atoms with Crippen LogP contribution >= 0.6 is 0 Å². The highest BCUT2D eigenvalue weighted by molar-refractivity contribution is 6.06. The Kier molecular flexibility index (Phi) is 6.34. The molecule has 0 radical (unpaired) electrons. The number of carbonyl (C=O) groups is 5. The number of nitrogens with one attached hydrogen (secondary N) is 3. The summed E-state index contributed by atoms with van der Waals surface area (Å²) in [7, 11) is 1.34. The van der Waals surface area contributed by atoms with Crippen molar-refractivity contribution in [2.45, 2.75) is 31.9 Å². The van der Waals surface area contributed by atoms with E-state index < -0.39 is 41.5 Å². The lowest BCUT2D eigenvalue weighted by atomic mass is 10.1. The Morgan fingerprint density at radius 1 is 1.18 bits per heavy atom. The topological polar surface area (TPSA) is 134 Å². The maximum absolute atomic E-state index is 12.3. The molecular formula is C18H22N4O6. The number of urea groups is 2. The molecule has 1 aliphatic heterocycles. The average molecular weight is 390 g/mol. The highest BCUT2D eigenvalue weighted by atomic mass is 16.5. The minimum absolute atomic E-state index is 0.189. The Labute approximate surface area is 161 Å². The summed E-state index contributed by atoms with van der Waals surface area (Å²) >= 11 is 0. The van der Waals surface area contributed by atoms with E-state index in [0.29, 0.717) is 5.56 Å². The third kappa shape index (κ3) is 4.84. The van der Waals surface area contributed by atoms with Crippen LogP contribution in [-0.4, -0.2) is 53.9 Å². The second-order valence-electron chi connectivity index (χ2n) is 6.61. The number of ether oxygens (including phenoxy) is 1. The van der Waals surface area contributed by atoms with Gasteiger partial charge in [-0.05, 0) is 13.8 Å². The Morgan fingerprint density at radius 2 is 1.82 bits per heavy atom. The molecule has 150 valence electrons. The molecule has 3 N–H and O–H groups in total. The van der Waals surface area contributed by atoms with Gasteiger partial charge in [-0.3, -0.25) is 24.6 Å². The van der Waals surface area contributed by atoms with Gasteiger partial charge in [-0.25, -0.2) is 9.59 Å². The summed E-state index contributed by atoms with van der Waals surface area (Å²) in [5, 5.41) is 6.80. The number of nitrogens with zero attached hydrogens (tertiary/aromatic N) is 1. The number of rotatable bonds is 6. The van der Waals surface area contributed by atoms with E-state index in [9.17, 15) is 24.0 Å². The summed E-state index contributed by atoms with van der Waals surface area (Å²) in [4.78, 5) is 60.9. The van der Waals surface area contributed by atoms with Crippen molar-refractivity contribution in [1.29, 1.82) is 0 Å². The summed E-state index contributed by atoms with van der Waals surface area (Å²) in [6.07, 6.45) is -1.66. The lowest BCUT2D eigenvalue weighted by molar-refractivity contribution is -0.156. The van der Waals surface area contributed by atoms with E-state index in [1.54, 1.807) is 44.2 Å². The third-order valence-corrected chi connectivity index (χ3v) is 4.04. The van der Waals surface area contributed by atoms with Crippen molar-refractivity contribution in [3.63, 3.8) is 0 Å². The van der Waals surface area contributed by atoms with Gasteiger partial charge in [0.05, 0.1) is 6.42 Å². The second kappa shape index (κ2) is 8.51. The van der Waals surface area contributed by atoms with Crippen LogP contribution in [-0.2, 0) is 19.1 Å². The van der Waals surface area contributed by atoms with Gasteiger partial charge in [0.25, 0.3) is 11.8 Å². The Morgan fingerprint density at radius 3 is 2.36 bits per heavy atom. The smallest absolute Gasteiger partial charge is 0.325 e. The molecule has 1 aromatic rings. The van der Waals surface area contributed by atoms with E-state index in [4.69, 9.17) is 4.74 Å². The van der Waals surface area contributed by atoms with Gasteiger partial charge in [-0.1, -0.05) is 30.3 Å². The zero-order valence-corrected chi connectivity index (χ0v) is 15.8. The SMILES string of the molecule is CNC(=O)NC(=O)[C@@H](OC(=O)CCN1C(=O)NC(C)(C)C1=O)c1ccccc1. The van der Waals surface area contributed by atoms with Gasteiger partial charge in [0.15, 0.2) is 0 Å². The molecule has 1 aliphatic rings. The summed E-state index contributed by atoms with van der Waals surface area (Å²) in [5.41, 5.74) is -0.672. The molecule has 1 heterocycles. The van der Waals surface area contributed by atoms with Gasteiger partial charge < -0.3 is 15.4 Å². The number of carbonyl (C=O) groups excluding carboxylic acids is 5. The molecule has 10 heteroatoms. The van der Waals surface area contributed by atoms with E-state index in [2.05, 4.69) is 16.0 Å². The highest BCUT2D eigenvalue weighted by Gasteiger charge is 2.44. The molecule has 1 aromatic carbocycles. The number of benzene rings is 1. The zero-order valence-electron chi connectivity index (χ0n) is 15.8. The minimum Gasteiger partial charge on any atom is -0.447 e. The van der Waals surface area contributed by atoms with Crippen LogP contribution in [0.3, 0.4) is 0 Å². The van der Waals surface area contributed by atoms with Crippen molar-refractivity contribution in [3.05, 3.63) is 35.9 Å². The lowest BCUT2D eigenvalue weighted by Gasteiger charge is -2.19. The quantitative estimate of drug-likeness (QED) is 0.477. The van der Waals surface area contributed by atoms with Crippen LogP contribution in [0.15, 0.2) is 30.3 Å². The fourth-order valence-corrected chi connectivity index (χ4v) is 2.56. The first-order chi connectivity index (χ1) is 13.2. The normalized spacial score (nSPS) is 16.2. The summed E-state index contributed by atoms with van der Waals surface area (Å²) in [5.74, 6) is -2.08. The molecule has 0 unspecified atom stereocenters. The van der Waals surface area contributed by atoms with Crippen LogP contribution in [0.1, 0.15) is 31.9 Å². The van der Waals surface area contributed by atoms with Crippen LogP contribution in [0.5, 0.6) is 0 Å². The molecule has 1 fully saturated rings. The van der Waals surface area contributed by atoms with Crippen molar-refractivity contribution >= 4 is 29.8 Å². The molecule has 0 aliphatic carbocycles. The fraction of sp³-hybridized carbons (Fsp3) is 0.389. The van der Waals surface area contributed by atoms with Gasteiger partial charge in [-0.2, -0.15) is 0 Å². The molecule has 0 spiro atoms. The van der Waals surface area contributed by atoms with Crippen LogP contribution in [0.4, 0.5) is 9.59 Å². The first kappa shape index (κ1) is 20.9. The monoisotopic (exact) mass is 390 g/mol. The van der Waals surface area contributed by atoms with E-state index >= 15 is 0 Å². The molecule has 0 aromatic heterocycles. The molecule has 2 rings (SSSR count). The van der Waals surface area contributed by atoms with Crippen molar-refractivity contribution in [2.24, 2.45) is 0 Å². The predicted molar refractivity (Wildman–Crippen MR) is 96.8 cm³/mol. The predicted octanol–water partition coefficient (Wildman–Crippen LogP) is 0.447. The molecule has 6 amide bonds. The maximum atomic E-state index is 12.3. The van der Waals surface area contributed by atoms with Crippen LogP contribution < -0.4 is 16.0 Å². The van der Waals surface area contributed by atoms with Gasteiger partial charge in [0.2, 0.25) is 6.10 Å². The van der Waals surface area contributed by atoms with Crippen LogP contribution in [0.2, 0.25) is 0 Å². The highest BCUT2D eigenvalue weighted by Crippen LogP contribution is 2.20. The van der Waals surface area contributed by atoms with E-state index in [1.165, 1.54) is 7.05 Å². The van der Waals surface area contributed by atoms with Crippen molar-refractivity contribution in [2.75, 3.05) is 13.6 Å². The van der Waals surface area contributed by atoms with E-state index in [1.807, 2.05) is 0 Å². The number of hydrogen-bond donors (Lipinski definition) is 3. The minimum atomic E-state index is -1.36. The van der Waals surface area contributed by atoms with Crippen LogP contribution in [0, 0.1) is 0 Å². The molecule has 28 heavy (non-hydrogen) atoms. The van der Waals surface area contributed by atoms with Gasteiger partial charge in [0.1, 0.15) is 5.54 Å². The van der Waals surface area contributed by atoms with Crippen molar-refractivity contribution in [3.8, 4) is 0 Å². The lowest BCUT2D eigenvalue weighted by Crippen LogP contribution is -2.41. The Balaban J connectivity index is 2.04. The van der Waals surface area contributed by atoms with Gasteiger partial charge in [-0.15, -0.1) is 0 Å². The zero-order chi connectivity index (χ0) is 20.9. The first-order valence-electron chi connectivity index (χ1n) is 8.57. The van der Waals surface area contributed by atoms with Gasteiger partial charge in [0, 0.05) is 19.2 Å². The number of amides is 6. The molecule has 1 saturated heterocycles. The van der Waals surface area contributed by atoms with E-state index in [0.717, 1.165) is 4.90 Å². The maximum Gasteiger partial charge on any atom is 0.325 e. The number of imide groups is 2. The molecule has 10 nitrogen and oxygen atoms in total. The standard InChI is InChI=1S/C18H22N4O6/c1-18(2)15(25)22(17(27)21-18)10-9-12(23)28-13(11-7-5-4-6-8-11)14(24)20-16(26)19-3/h4-8,13H,9-10H2,1-3H3,(H,21,27)(H2,19,20,24,26)/t13-/m0/s1. The summed E-state index contributed by atoms with van der Waals surface area (Å²) in [6.45, 7) is 2.92.